The van der Waals surface area contributed by atoms with Gasteiger partial charge >= 0.3 is 0 Å². The number of carbonyl (C=O) groups excluding carboxylic acids is 1. The number of carbonyl (C=O) groups is 1. The lowest BCUT2D eigenvalue weighted by atomic mass is 10.2. The van der Waals surface area contributed by atoms with Gasteiger partial charge in [-0.3, -0.25) is 4.79 Å². The number of rotatable bonds is 7. The number of hydrogen-bond acceptors (Lipinski definition) is 4. The summed E-state index contributed by atoms with van der Waals surface area (Å²) in [7, 11) is 0. The standard InChI is InChI=1S/C16H19BrN2O3/c1-11(8-18)9-19-16(20)15-7-6-14(22-15)10-21-13-4-2-12(17)3-5-13/h2-7,11H,8-10,18H2,1H3,(H,19,20). The molecule has 0 bridgehead atoms. The van der Waals surface area contributed by atoms with Crippen LogP contribution in [-0.4, -0.2) is 19.0 Å². The maximum atomic E-state index is 11.9. The third-order valence-electron chi connectivity index (χ3n) is 3.09. The van der Waals surface area contributed by atoms with Crippen molar-refractivity contribution in [3.63, 3.8) is 0 Å². The fourth-order valence-corrected chi connectivity index (χ4v) is 1.96. The van der Waals surface area contributed by atoms with Crippen molar-refractivity contribution in [1.82, 2.24) is 5.32 Å². The van der Waals surface area contributed by atoms with E-state index < -0.39 is 0 Å². The number of amides is 1. The molecule has 0 fully saturated rings. The summed E-state index contributed by atoms with van der Waals surface area (Å²) in [6.45, 7) is 3.31. The van der Waals surface area contributed by atoms with E-state index in [0.717, 1.165) is 10.2 Å². The molecule has 0 saturated heterocycles. The zero-order valence-corrected chi connectivity index (χ0v) is 13.9. The number of halogens is 1. The van der Waals surface area contributed by atoms with Gasteiger partial charge in [-0.1, -0.05) is 22.9 Å². The molecule has 1 unspecified atom stereocenters. The molecule has 118 valence electrons. The van der Waals surface area contributed by atoms with Gasteiger partial charge in [0.05, 0.1) is 0 Å². The van der Waals surface area contributed by atoms with Crippen LogP contribution in [0.3, 0.4) is 0 Å². The molecule has 0 radical (unpaired) electrons. The summed E-state index contributed by atoms with van der Waals surface area (Å²) in [4.78, 5) is 11.9. The predicted molar refractivity (Wildman–Crippen MR) is 87.7 cm³/mol. The highest BCUT2D eigenvalue weighted by Crippen LogP contribution is 2.18. The zero-order valence-electron chi connectivity index (χ0n) is 12.3. The van der Waals surface area contributed by atoms with E-state index in [4.69, 9.17) is 14.9 Å². The zero-order chi connectivity index (χ0) is 15.9. The Labute approximate surface area is 138 Å². The van der Waals surface area contributed by atoms with Gasteiger partial charge in [0.25, 0.3) is 5.91 Å². The topological polar surface area (TPSA) is 77.5 Å². The molecular weight excluding hydrogens is 348 g/mol. The SMILES string of the molecule is CC(CN)CNC(=O)c1ccc(COc2ccc(Br)cc2)o1. The van der Waals surface area contributed by atoms with Gasteiger partial charge < -0.3 is 20.2 Å². The monoisotopic (exact) mass is 366 g/mol. The number of furan rings is 1. The third kappa shape index (κ3) is 4.89. The molecule has 1 aromatic heterocycles. The summed E-state index contributed by atoms with van der Waals surface area (Å²) in [6, 6.07) is 10.9. The van der Waals surface area contributed by atoms with Crippen molar-refractivity contribution in [2.24, 2.45) is 11.7 Å². The van der Waals surface area contributed by atoms with Crippen LogP contribution in [0.15, 0.2) is 45.3 Å². The summed E-state index contributed by atoms with van der Waals surface area (Å²) < 4.78 is 12.1. The highest BCUT2D eigenvalue weighted by Gasteiger charge is 2.12. The Bertz CT molecular complexity index is 610. The van der Waals surface area contributed by atoms with Crippen LogP contribution < -0.4 is 15.8 Å². The van der Waals surface area contributed by atoms with Crippen molar-refractivity contribution in [2.75, 3.05) is 13.1 Å². The lowest BCUT2D eigenvalue weighted by Crippen LogP contribution is -2.31. The number of benzene rings is 1. The Hall–Kier alpha value is -1.79. The van der Waals surface area contributed by atoms with Gasteiger partial charge in [-0.25, -0.2) is 0 Å². The molecule has 2 aromatic rings. The van der Waals surface area contributed by atoms with Crippen LogP contribution in [0.4, 0.5) is 0 Å². The van der Waals surface area contributed by atoms with Gasteiger partial charge in [0, 0.05) is 11.0 Å². The number of nitrogens with two attached hydrogens (primary N) is 1. The lowest BCUT2D eigenvalue weighted by Gasteiger charge is -2.08. The molecule has 5 nitrogen and oxygen atoms in total. The van der Waals surface area contributed by atoms with Crippen LogP contribution in [0.5, 0.6) is 5.75 Å². The first kappa shape index (κ1) is 16.6. The van der Waals surface area contributed by atoms with E-state index in [1.807, 2.05) is 31.2 Å². The first-order valence-electron chi connectivity index (χ1n) is 7.04. The largest absolute Gasteiger partial charge is 0.486 e. The molecule has 0 spiro atoms. The molecular formula is C16H19BrN2O3. The average Bonchev–Trinajstić information content (AvgIpc) is 3.00. The molecule has 1 aromatic carbocycles. The van der Waals surface area contributed by atoms with E-state index >= 15 is 0 Å². The smallest absolute Gasteiger partial charge is 0.287 e. The normalized spacial score (nSPS) is 12.0. The first-order valence-corrected chi connectivity index (χ1v) is 7.83. The lowest BCUT2D eigenvalue weighted by molar-refractivity contribution is 0.0916. The van der Waals surface area contributed by atoms with Crippen LogP contribution in [0.25, 0.3) is 0 Å². The summed E-state index contributed by atoms with van der Waals surface area (Å²) in [5.41, 5.74) is 5.51. The Balaban J connectivity index is 1.85. The molecule has 22 heavy (non-hydrogen) atoms. The summed E-state index contributed by atoms with van der Waals surface area (Å²) >= 11 is 3.36. The number of hydrogen-bond donors (Lipinski definition) is 2. The van der Waals surface area contributed by atoms with Crippen molar-refractivity contribution in [3.05, 3.63) is 52.4 Å². The Kier molecular flexibility index (Phi) is 6.03. The van der Waals surface area contributed by atoms with Gasteiger partial charge in [0.1, 0.15) is 18.1 Å². The summed E-state index contributed by atoms with van der Waals surface area (Å²) in [5.74, 6) is 1.61. The molecule has 0 aliphatic heterocycles. The van der Waals surface area contributed by atoms with E-state index in [1.54, 1.807) is 12.1 Å². The highest BCUT2D eigenvalue weighted by molar-refractivity contribution is 9.10. The number of ether oxygens (including phenoxy) is 1. The molecule has 1 amide bonds. The maximum absolute atomic E-state index is 11.9. The quantitative estimate of drug-likeness (QED) is 0.789. The van der Waals surface area contributed by atoms with Gasteiger partial charge in [-0.15, -0.1) is 0 Å². The highest BCUT2D eigenvalue weighted by atomic mass is 79.9. The van der Waals surface area contributed by atoms with E-state index in [2.05, 4.69) is 21.2 Å². The van der Waals surface area contributed by atoms with Crippen molar-refractivity contribution in [1.29, 1.82) is 0 Å². The van der Waals surface area contributed by atoms with Gasteiger partial charge in [-0.05, 0) is 48.9 Å². The first-order chi connectivity index (χ1) is 10.6. The minimum Gasteiger partial charge on any atom is -0.486 e. The average molecular weight is 367 g/mol. The summed E-state index contributed by atoms with van der Waals surface area (Å²) in [5, 5.41) is 2.78. The predicted octanol–water partition coefficient (Wildman–Crippen LogP) is 2.95. The second-order valence-electron chi connectivity index (χ2n) is 5.06. The van der Waals surface area contributed by atoms with Crippen molar-refractivity contribution in [3.8, 4) is 5.75 Å². The molecule has 0 saturated carbocycles. The molecule has 1 atom stereocenters. The van der Waals surface area contributed by atoms with Crippen LogP contribution >= 0.6 is 15.9 Å². The van der Waals surface area contributed by atoms with Crippen LogP contribution in [-0.2, 0) is 6.61 Å². The molecule has 3 N–H and O–H groups in total. The number of nitrogens with one attached hydrogen (secondary N) is 1. The molecule has 0 aliphatic rings. The van der Waals surface area contributed by atoms with E-state index in [1.165, 1.54) is 0 Å². The van der Waals surface area contributed by atoms with E-state index in [-0.39, 0.29) is 24.2 Å². The van der Waals surface area contributed by atoms with Gasteiger partial charge in [0.2, 0.25) is 0 Å². The Morgan fingerprint density at radius 3 is 2.73 bits per heavy atom. The summed E-state index contributed by atoms with van der Waals surface area (Å²) in [6.07, 6.45) is 0. The maximum Gasteiger partial charge on any atom is 0.287 e. The molecule has 6 heteroatoms. The molecule has 2 rings (SSSR count). The van der Waals surface area contributed by atoms with E-state index in [9.17, 15) is 4.79 Å². The van der Waals surface area contributed by atoms with Crippen LogP contribution in [0, 0.1) is 5.92 Å². The van der Waals surface area contributed by atoms with E-state index in [0.29, 0.717) is 18.8 Å². The van der Waals surface area contributed by atoms with Gasteiger partial charge in [-0.2, -0.15) is 0 Å². The Morgan fingerprint density at radius 1 is 1.32 bits per heavy atom. The minimum atomic E-state index is -0.241. The molecule has 1 heterocycles. The van der Waals surface area contributed by atoms with Crippen molar-refractivity contribution >= 4 is 21.8 Å². The Morgan fingerprint density at radius 2 is 2.05 bits per heavy atom. The fourth-order valence-electron chi connectivity index (χ4n) is 1.70. The van der Waals surface area contributed by atoms with Gasteiger partial charge in [0.15, 0.2) is 5.76 Å². The third-order valence-corrected chi connectivity index (χ3v) is 3.62. The molecule has 0 aliphatic carbocycles. The fraction of sp³-hybridized carbons (Fsp3) is 0.312. The second kappa shape index (κ2) is 8.00. The second-order valence-corrected chi connectivity index (χ2v) is 5.98. The van der Waals surface area contributed by atoms with Crippen LogP contribution in [0.2, 0.25) is 0 Å². The van der Waals surface area contributed by atoms with Crippen LogP contribution in [0.1, 0.15) is 23.2 Å². The van der Waals surface area contributed by atoms with Crippen molar-refractivity contribution < 1.29 is 13.9 Å². The van der Waals surface area contributed by atoms with Crippen molar-refractivity contribution in [2.45, 2.75) is 13.5 Å². The minimum absolute atomic E-state index is 0.235.